The lowest BCUT2D eigenvalue weighted by Crippen LogP contribution is -2.23. The van der Waals surface area contributed by atoms with Crippen molar-refractivity contribution < 1.29 is 9.53 Å². The van der Waals surface area contributed by atoms with Gasteiger partial charge in [0.2, 0.25) is 0 Å². The van der Waals surface area contributed by atoms with Crippen molar-refractivity contribution in [1.29, 1.82) is 0 Å². The maximum Gasteiger partial charge on any atom is 0.307 e. The van der Waals surface area contributed by atoms with E-state index in [2.05, 4.69) is 11.8 Å². The molecule has 90 valence electrons. The predicted molar refractivity (Wildman–Crippen MR) is 68.4 cm³/mol. The van der Waals surface area contributed by atoms with Crippen LogP contribution in [0.25, 0.3) is 0 Å². The number of carbonyl (C=O) groups excluding carboxylic acids is 1. The Morgan fingerprint density at radius 2 is 1.88 bits per heavy atom. The summed E-state index contributed by atoms with van der Waals surface area (Å²) in [5.74, 6) is 5.78. The molecule has 2 heteroatoms. The maximum absolute atomic E-state index is 11.4. The van der Waals surface area contributed by atoms with Gasteiger partial charge in [0, 0.05) is 12.0 Å². The van der Waals surface area contributed by atoms with Crippen LogP contribution in [0.1, 0.15) is 39.2 Å². The first kappa shape index (κ1) is 13.3. The van der Waals surface area contributed by atoms with Crippen molar-refractivity contribution in [3.05, 3.63) is 35.9 Å². The van der Waals surface area contributed by atoms with Crippen molar-refractivity contribution in [1.82, 2.24) is 0 Å². The van der Waals surface area contributed by atoms with E-state index in [0.717, 1.165) is 5.56 Å². The molecule has 17 heavy (non-hydrogen) atoms. The summed E-state index contributed by atoms with van der Waals surface area (Å²) in [4.78, 5) is 11.4. The van der Waals surface area contributed by atoms with Crippen LogP contribution < -0.4 is 0 Å². The third kappa shape index (κ3) is 6.42. The Balaban J connectivity index is 2.34. The highest BCUT2D eigenvalue weighted by atomic mass is 16.6. The van der Waals surface area contributed by atoms with Crippen LogP contribution in [0.5, 0.6) is 0 Å². The Hall–Kier alpha value is -1.75. The molecule has 0 saturated heterocycles. The molecule has 0 N–H and O–H groups in total. The summed E-state index contributed by atoms with van der Waals surface area (Å²) >= 11 is 0. The Morgan fingerprint density at radius 1 is 1.24 bits per heavy atom. The van der Waals surface area contributed by atoms with Crippen LogP contribution in [-0.2, 0) is 9.53 Å². The lowest BCUT2D eigenvalue weighted by atomic mass is 10.2. The van der Waals surface area contributed by atoms with Gasteiger partial charge >= 0.3 is 5.97 Å². The van der Waals surface area contributed by atoms with E-state index < -0.39 is 5.60 Å². The summed E-state index contributed by atoms with van der Waals surface area (Å²) in [7, 11) is 0. The van der Waals surface area contributed by atoms with E-state index in [1.54, 1.807) is 0 Å². The van der Waals surface area contributed by atoms with Crippen molar-refractivity contribution in [3.8, 4) is 11.8 Å². The zero-order chi connectivity index (χ0) is 12.7. The van der Waals surface area contributed by atoms with Gasteiger partial charge in [0.15, 0.2) is 0 Å². The fourth-order valence-corrected chi connectivity index (χ4v) is 1.24. The normalized spacial score (nSPS) is 10.3. The van der Waals surface area contributed by atoms with Crippen LogP contribution >= 0.6 is 0 Å². The molecule has 0 saturated carbocycles. The van der Waals surface area contributed by atoms with Crippen LogP contribution in [0.2, 0.25) is 0 Å². The first-order valence-electron chi connectivity index (χ1n) is 5.73. The minimum atomic E-state index is -0.413. The van der Waals surface area contributed by atoms with Crippen LogP contribution in [0.3, 0.4) is 0 Å². The molecule has 0 aliphatic heterocycles. The van der Waals surface area contributed by atoms with Gasteiger partial charge in [-0.1, -0.05) is 30.0 Å². The van der Waals surface area contributed by atoms with Crippen LogP contribution in [0.4, 0.5) is 0 Å². The summed E-state index contributed by atoms with van der Waals surface area (Å²) in [5, 5.41) is 0. The molecule has 0 aromatic heterocycles. The fraction of sp³-hybridized carbons (Fsp3) is 0.400. The number of carbonyl (C=O) groups is 1. The quantitative estimate of drug-likeness (QED) is 0.576. The lowest BCUT2D eigenvalue weighted by Gasteiger charge is -2.18. The molecular weight excluding hydrogens is 212 g/mol. The number of hydrogen-bond acceptors (Lipinski definition) is 2. The van der Waals surface area contributed by atoms with Gasteiger partial charge in [0.1, 0.15) is 5.60 Å². The molecule has 0 aliphatic rings. The fourth-order valence-electron chi connectivity index (χ4n) is 1.24. The highest BCUT2D eigenvalue weighted by Gasteiger charge is 2.15. The molecule has 0 aliphatic carbocycles. The summed E-state index contributed by atoms with van der Waals surface area (Å²) < 4.78 is 5.18. The first-order chi connectivity index (χ1) is 7.97. The van der Waals surface area contributed by atoms with Gasteiger partial charge in [-0.3, -0.25) is 4.79 Å². The van der Waals surface area contributed by atoms with Crippen LogP contribution in [0.15, 0.2) is 30.3 Å². The van der Waals surface area contributed by atoms with Crippen LogP contribution in [0, 0.1) is 11.8 Å². The van der Waals surface area contributed by atoms with E-state index in [9.17, 15) is 4.79 Å². The van der Waals surface area contributed by atoms with Gasteiger partial charge in [0.05, 0.1) is 6.42 Å². The van der Waals surface area contributed by atoms with Crippen molar-refractivity contribution in [2.24, 2.45) is 0 Å². The Bertz CT molecular complexity index is 416. The van der Waals surface area contributed by atoms with Crippen LogP contribution in [-0.4, -0.2) is 11.6 Å². The number of benzene rings is 1. The molecule has 0 amide bonds. The Morgan fingerprint density at radius 3 is 2.47 bits per heavy atom. The number of ether oxygens (including phenoxy) is 1. The third-order valence-corrected chi connectivity index (χ3v) is 1.88. The molecule has 0 fully saturated rings. The summed E-state index contributed by atoms with van der Waals surface area (Å²) in [6.07, 6.45) is 0.876. The largest absolute Gasteiger partial charge is 0.460 e. The molecular formula is C15H18O2. The topological polar surface area (TPSA) is 26.3 Å². The van der Waals surface area contributed by atoms with Crippen molar-refractivity contribution in [2.45, 2.75) is 39.2 Å². The molecule has 0 atom stereocenters. The van der Waals surface area contributed by atoms with Gasteiger partial charge in [-0.15, -0.1) is 0 Å². The number of rotatable bonds is 2. The van der Waals surface area contributed by atoms with E-state index in [1.165, 1.54) is 0 Å². The van der Waals surface area contributed by atoms with Crippen molar-refractivity contribution >= 4 is 5.97 Å². The highest BCUT2D eigenvalue weighted by Crippen LogP contribution is 2.08. The molecule has 0 unspecified atom stereocenters. The van der Waals surface area contributed by atoms with E-state index in [1.807, 2.05) is 51.1 Å². The van der Waals surface area contributed by atoms with Crippen molar-refractivity contribution in [3.63, 3.8) is 0 Å². The zero-order valence-electron chi connectivity index (χ0n) is 10.6. The number of esters is 1. The zero-order valence-corrected chi connectivity index (χ0v) is 10.6. The second-order valence-electron chi connectivity index (χ2n) is 4.75. The average molecular weight is 230 g/mol. The van der Waals surface area contributed by atoms with Crippen molar-refractivity contribution in [2.75, 3.05) is 0 Å². The van der Waals surface area contributed by atoms with Gasteiger partial charge in [-0.2, -0.15) is 0 Å². The van der Waals surface area contributed by atoms with E-state index >= 15 is 0 Å². The second-order valence-corrected chi connectivity index (χ2v) is 4.75. The van der Waals surface area contributed by atoms with Gasteiger partial charge in [-0.25, -0.2) is 0 Å². The molecule has 0 heterocycles. The summed E-state index contributed by atoms with van der Waals surface area (Å²) in [5.41, 5.74) is 0.556. The molecule has 0 radical (unpaired) electrons. The average Bonchev–Trinajstić information content (AvgIpc) is 2.23. The molecule has 1 aromatic rings. The second kappa shape index (κ2) is 6.10. The molecule has 0 spiro atoms. The first-order valence-corrected chi connectivity index (χ1v) is 5.73. The highest BCUT2D eigenvalue weighted by molar-refractivity contribution is 5.70. The van der Waals surface area contributed by atoms with E-state index in [-0.39, 0.29) is 5.97 Å². The maximum atomic E-state index is 11.4. The molecule has 1 aromatic carbocycles. The van der Waals surface area contributed by atoms with E-state index in [4.69, 9.17) is 4.74 Å². The van der Waals surface area contributed by atoms with E-state index in [0.29, 0.717) is 12.8 Å². The number of hydrogen-bond donors (Lipinski definition) is 0. The minimum Gasteiger partial charge on any atom is -0.460 e. The summed E-state index contributed by atoms with van der Waals surface area (Å²) in [6, 6.07) is 9.72. The molecule has 1 rings (SSSR count). The molecule has 0 bridgehead atoms. The standard InChI is InChI=1S/C15H18O2/c1-15(2,3)17-14(16)12-8-7-11-13-9-5-4-6-10-13/h4-6,9-10H,8,12H2,1-3H3. The lowest BCUT2D eigenvalue weighted by molar-refractivity contribution is -0.154. The van der Waals surface area contributed by atoms with Gasteiger partial charge < -0.3 is 4.74 Å². The SMILES string of the molecule is CC(C)(C)OC(=O)CCC#Cc1ccccc1. The summed E-state index contributed by atoms with van der Waals surface area (Å²) in [6.45, 7) is 5.58. The minimum absolute atomic E-state index is 0.195. The smallest absolute Gasteiger partial charge is 0.307 e. The monoisotopic (exact) mass is 230 g/mol. The Labute approximate surface area is 103 Å². The van der Waals surface area contributed by atoms with Gasteiger partial charge in [0.25, 0.3) is 0 Å². The predicted octanol–water partition coefficient (Wildman–Crippen LogP) is 3.16. The molecule has 2 nitrogen and oxygen atoms in total. The third-order valence-electron chi connectivity index (χ3n) is 1.88. The Kier molecular flexibility index (Phi) is 4.78. The van der Waals surface area contributed by atoms with Gasteiger partial charge in [-0.05, 0) is 32.9 Å².